The molecule has 1 rings (SSSR count). The summed E-state index contributed by atoms with van der Waals surface area (Å²) >= 11 is 0. The van der Waals surface area contributed by atoms with Gasteiger partial charge < -0.3 is 21.3 Å². The lowest BCUT2D eigenvalue weighted by molar-refractivity contribution is -0.393. The number of nitro benzene ring substituents is 2. The van der Waals surface area contributed by atoms with Crippen molar-refractivity contribution in [3.8, 4) is 0 Å². The average molecular weight is 314 g/mol. The van der Waals surface area contributed by atoms with Crippen LogP contribution in [0.5, 0.6) is 0 Å². The Morgan fingerprint density at radius 3 is 2.41 bits per heavy atom. The van der Waals surface area contributed by atoms with Crippen molar-refractivity contribution in [3.63, 3.8) is 0 Å². The maximum atomic E-state index is 10.9. The van der Waals surface area contributed by atoms with Crippen molar-refractivity contribution >= 4 is 17.1 Å². The lowest BCUT2D eigenvalue weighted by atomic mass is 10.1. The maximum absolute atomic E-state index is 10.9. The highest BCUT2D eigenvalue weighted by molar-refractivity contribution is 5.65. The van der Waals surface area contributed by atoms with Gasteiger partial charge in [-0.15, -0.1) is 0 Å². The highest BCUT2D eigenvalue weighted by Gasteiger charge is 2.19. The summed E-state index contributed by atoms with van der Waals surface area (Å²) in [5, 5.41) is 42.0. The Bertz CT molecular complexity index is 536. The molecule has 5 N–H and O–H groups in total. The zero-order valence-corrected chi connectivity index (χ0v) is 11.7. The van der Waals surface area contributed by atoms with E-state index in [4.69, 9.17) is 15.9 Å². The number of nitrogens with two attached hydrogens (primary N) is 1. The summed E-state index contributed by atoms with van der Waals surface area (Å²) in [7, 11) is 0. The molecule has 1 unspecified atom stereocenters. The number of aliphatic hydroxyl groups is 2. The molecule has 0 bridgehead atoms. The number of aliphatic hydroxyl groups excluding tert-OH is 1. The number of hydrogen-bond acceptors (Lipinski definition) is 8. The van der Waals surface area contributed by atoms with E-state index in [2.05, 4.69) is 5.32 Å². The molecule has 0 aliphatic carbocycles. The second-order valence-electron chi connectivity index (χ2n) is 4.72. The summed E-state index contributed by atoms with van der Waals surface area (Å²) < 4.78 is 0. The molecule has 0 aliphatic heterocycles. The standard InChI is InChI=1S/C12H18N4O6/c13-9(12(17)18)3-1-2-6-14-10-5-4-8(15(19)20)7-11(10)16(21)22/h4-5,7,9,12,14,17-18H,1-3,6,13H2. The summed E-state index contributed by atoms with van der Waals surface area (Å²) in [4.78, 5) is 20.2. The quantitative estimate of drug-likeness (QED) is 0.224. The molecule has 22 heavy (non-hydrogen) atoms. The molecule has 10 nitrogen and oxygen atoms in total. The fraction of sp³-hybridized carbons (Fsp3) is 0.500. The van der Waals surface area contributed by atoms with E-state index in [9.17, 15) is 20.2 Å². The fourth-order valence-electron chi connectivity index (χ4n) is 1.81. The summed E-state index contributed by atoms with van der Waals surface area (Å²) in [6, 6.07) is 2.65. The smallest absolute Gasteiger partial charge is 0.299 e. The van der Waals surface area contributed by atoms with Gasteiger partial charge >= 0.3 is 0 Å². The highest BCUT2D eigenvalue weighted by Crippen LogP contribution is 2.28. The predicted molar refractivity (Wildman–Crippen MR) is 78.3 cm³/mol. The van der Waals surface area contributed by atoms with E-state index >= 15 is 0 Å². The van der Waals surface area contributed by atoms with Crippen molar-refractivity contribution in [3.05, 3.63) is 38.4 Å². The van der Waals surface area contributed by atoms with Gasteiger partial charge in [-0.2, -0.15) is 0 Å². The number of non-ortho nitro benzene ring substituents is 1. The molecular weight excluding hydrogens is 296 g/mol. The number of nitro groups is 2. The van der Waals surface area contributed by atoms with Gasteiger partial charge in [0, 0.05) is 12.6 Å². The minimum absolute atomic E-state index is 0.196. The number of hydrogen-bond donors (Lipinski definition) is 4. The normalized spacial score (nSPS) is 12.2. The monoisotopic (exact) mass is 314 g/mol. The number of benzene rings is 1. The van der Waals surface area contributed by atoms with Gasteiger partial charge in [-0.3, -0.25) is 20.2 Å². The highest BCUT2D eigenvalue weighted by atomic mass is 16.6. The Morgan fingerprint density at radius 2 is 1.86 bits per heavy atom. The second kappa shape index (κ2) is 8.22. The Hall–Kier alpha value is -2.30. The van der Waals surface area contributed by atoms with Crippen molar-refractivity contribution in [1.82, 2.24) is 0 Å². The third kappa shape index (κ3) is 5.24. The van der Waals surface area contributed by atoms with Crippen LogP contribution in [0.1, 0.15) is 19.3 Å². The summed E-state index contributed by atoms with van der Waals surface area (Å²) in [5.41, 5.74) is 4.93. The van der Waals surface area contributed by atoms with E-state index in [0.717, 1.165) is 6.07 Å². The third-order valence-electron chi connectivity index (χ3n) is 3.05. The van der Waals surface area contributed by atoms with E-state index in [1.54, 1.807) is 0 Å². The number of unbranched alkanes of at least 4 members (excludes halogenated alkanes) is 1. The van der Waals surface area contributed by atoms with Crippen LogP contribution in [0.25, 0.3) is 0 Å². The van der Waals surface area contributed by atoms with Crippen molar-refractivity contribution in [2.45, 2.75) is 31.6 Å². The van der Waals surface area contributed by atoms with Gasteiger partial charge in [-0.25, -0.2) is 0 Å². The van der Waals surface area contributed by atoms with E-state index in [0.29, 0.717) is 25.8 Å². The van der Waals surface area contributed by atoms with Crippen LogP contribution in [-0.2, 0) is 0 Å². The van der Waals surface area contributed by atoms with Crippen molar-refractivity contribution in [1.29, 1.82) is 0 Å². The molecule has 0 aromatic heterocycles. The predicted octanol–water partition coefficient (Wildman–Crippen LogP) is 0.723. The van der Waals surface area contributed by atoms with Gasteiger partial charge in [0.15, 0.2) is 6.29 Å². The van der Waals surface area contributed by atoms with Gasteiger partial charge in [0.2, 0.25) is 0 Å². The average Bonchev–Trinajstić information content (AvgIpc) is 2.46. The number of anilines is 1. The molecule has 0 radical (unpaired) electrons. The lowest BCUT2D eigenvalue weighted by Crippen LogP contribution is -2.34. The molecule has 0 saturated heterocycles. The van der Waals surface area contributed by atoms with Crippen molar-refractivity contribution in [2.24, 2.45) is 5.73 Å². The van der Waals surface area contributed by atoms with Crippen LogP contribution in [0.2, 0.25) is 0 Å². The van der Waals surface area contributed by atoms with Gasteiger partial charge in [0.1, 0.15) is 5.69 Å². The van der Waals surface area contributed by atoms with Crippen molar-refractivity contribution in [2.75, 3.05) is 11.9 Å². The molecule has 0 aliphatic rings. The molecular formula is C12H18N4O6. The van der Waals surface area contributed by atoms with Crippen LogP contribution in [-0.4, -0.2) is 38.9 Å². The van der Waals surface area contributed by atoms with E-state index in [1.807, 2.05) is 0 Å². The van der Waals surface area contributed by atoms with Crippen LogP contribution in [0.15, 0.2) is 18.2 Å². The van der Waals surface area contributed by atoms with E-state index < -0.39 is 22.2 Å². The van der Waals surface area contributed by atoms with Gasteiger partial charge in [0.25, 0.3) is 11.4 Å². The lowest BCUT2D eigenvalue weighted by Gasteiger charge is -2.13. The summed E-state index contributed by atoms with van der Waals surface area (Å²) in [6.07, 6.45) is 0.0479. The molecule has 0 amide bonds. The molecule has 0 heterocycles. The van der Waals surface area contributed by atoms with Gasteiger partial charge in [-0.1, -0.05) is 0 Å². The van der Waals surface area contributed by atoms with Crippen LogP contribution in [0.3, 0.4) is 0 Å². The van der Waals surface area contributed by atoms with Gasteiger partial charge in [-0.05, 0) is 25.3 Å². The molecule has 1 atom stereocenters. The SMILES string of the molecule is NC(CCCCNc1ccc([N+](=O)[O-])cc1[N+](=O)[O-])C(O)O. The summed E-state index contributed by atoms with van der Waals surface area (Å²) in [5.74, 6) is 0. The first-order chi connectivity index (χ1) is 10.3. The van der Waals surface area contributed by atoms with E-state index in [-0.39, 0.29) is 17.1 Å². The molecule has 1 aromatic carbocycles. The first-order valence-corrected chi connectivity index (χ1v) is 6.61. The zero-order valence-electron chi connectivity index (χ0n) is 11.7. The fourth-order valence-corrected chi connectivity index (χ4v) is 1.81. The molecule has 0 spiro atoms. The minimum Gasteiger partial charge on any atom is -0.379 e. The third-order valence-corrected chi connectivity index (χ3v) is 3.05. The number of nitrogens with zero attached hydrogens (tertiary/aromatic N) is 2. The molecule has 0 saturated carbocycles. The van der Waals surface area contributed by atoms with Gasteiger partial charge in [0.05, 0.1) is 22.0 Å². The Morgan fingerprint density at radius 1 is 1.18 bits per heavy atom. The molecule has 10 heteroatoms. The Labute approximate surface area is 125 Å². The minimum atomic E-state index is -1.57. The Balaban J connectivity index is 2.55. The van der Waals surface area contributed by atoms with Crippen molar-refractivity contribution < 1.29 is 20.1 Å². The van der Waals surface area contributed by atoms with Crippen LogP contribution >= 0.6 is 0 Å². The number of rotatable bonds is 9. The Kier molecular flexibility index (Phi) is 6.63. The van der Waals surface area contributed by atoms with Crippen LogP contribution in [0.4, 0.5) is 17.1 Å². The van der Waals surface area contributed by atoms with Crippen LogP contribution in [0, 0.1) is 20.2 Å². The maximum Gasteiger partial charge on any atom is 0.299 e. The van der Waals surface area contributed by atoms with Crippen LogP contribution < -0.4 is 11.1 Å². The molecule has 122 valence electrons. The largest absolute Gasteiger partial charge is 0.379 e. The molecule has 1 aromatic rings. The topological polar surface area (TPSA) is 165 Å². The summed E-state index contributed by atoms with van der Waals surface area (Å²) in [6.45, 7) is 0.396. The molecule has 0 fully saturated rings. The first-order valence-electron chi connectivity index (χ1n) is 6.61. The first kappa shape index (κ1) is 17.8. The number of nitrogens with one attached hydrogen (secondary N) is 1. The van der Waals surface area contributed by atoms with E-state index in [1.165, 1.54) is 12.1 Å². The zero-order chi connectivity index (χ0) is 16.7. The second-order valence-corrected chi connectivity index (χ2v) is 4.72.